The standard InChI is InChI=1S/C33H31ClF3N5O3/c1-20(2)45-30-13-8-21(33(35,36)37)16-28(30)42-31(38-26-7-5-4-6-25(26)32(42)43)18-41-15-14-24-27(39-40(3)29(24)17-41)19-44-23-11-9-22(34)10-12-23/h4-13,16,20H,14-15,17-19H2,1-3H3. The van der Waals surface area contributed by atoms with Gasteiger partial charge >= 0.3 is 6.18 Å². The van der Waals surface area contributed by atoms with Crippen molar-refractivity contribution < 1.29 is 22.6 Å². The van der Waals surface area contributed by atoms with Gasteiger partial charge in [0.2, 0.25) is 0 Å². The lowest BCUT2D eigenvalue weighted by Gasteiger charge is -2.28. The average Bonchev–Trinajstić information content (AvgIpc) is 3.31. The third-order valence-electron chi connectivity index (χ3n) is 7.70. The third-order valence-corrected chi connectivity index (χ3v) is 7.95. The Bertz CT molecular complexity index is 1920. The van der Waals surface area contributed by atoms with Crippen LogP contribution in [-0.4, -0.2) is 36.9 Å². The fourth-order valence-electron chi connectivity index (χ4n) is 5.60. The number of fused-ring (bicyclic) bond motifs is 2. The van der Waals surface area contributed by atoms with Crippen LogP contribution in [0.2, 0.25) is 5.02 Å². The van der Waals surface area contributed by atoms with Gasteiger partial charge in [0.05, 0.1) is 40.5 Å². The second-order valence-corrected chi connectivity index (χ2v) is 11.7. The van der Waals surface area contributed by atoms with Gasteiger partial charge < -0.3 is 9.47 Å². The molecule has 5 aromatic rings. The zero-order chi connectivity index (χ0) is 31.9. The molecule has 0 unspecified atom stereocenters. The van der Waals surface area contributed by atoms with E-state index in [0.29, 0.717) is 53.6 Å². The Morgan fingerprint density at radius 2 is 1.80 bits per heavy atom. The van der Waals surface area contributed by atoms with E-state index in [4.69, 9.17) is 31.2 Å². The maximum absolute atomic E-state index is 14.0. The number of hydrogen-bond donors (Lipinski definition) is 0. The van der Waals surface area contributed by atoms with E-state index >= 15 is 0 Å². The summed E-state index contributed by atoms with van der Waals surface area (Å²) in [5.41, 5.74) is 2.03. The van der Waals surface area contributed by atoms with Gasteiger partial charge in [-0.1, -0.05) is 23.7 Å². The summed E-state index contributed by atoms with van der Waals surface area (Å²) >= 11 is 5.98. The SMILES string of the molecule is CC(C)Oc1ccc(C(F)(F)F)cc1-n1c(CN2CCc3c(COc4ccc(Cl)cc4)nn(C)c3C2)nc2ccccc2c1=O. The van der Waals surface area contributed by atoms with Crippen LogP contribution in [0.3, 0.4) is 0 Å². The van der Waals surface area contributed by atoms with Gasteiger partial charge in [-0.3, -0.25) is 18.9 Å². The fourth-order valence-corrected chi connectivity index (χ4v) is 5.73. The molecule has 0 spiro atoms. The number of alkyl halides is 3. The van der Waals surface area contributed by atoms with E-state index in [0.717, 1.165) is 29.1 Å². The van der Waals surface area contributed by atoms with E-state index in [1.165, 1.54) is 10.6 Å². The molecule has 1 aliphatic rings. The molecule has 1 aliphatic heterocycles. The number of hydrogen-bond acceptors (Lipinski definition) is 6. The Hall–Kier alpha value is -4.35. The van der Waals surface area contributed by atoms with Crippen LogP contribution in [0, 0.1) is 0 Å². The van der Waals surface area contributed by atoms with Gasteiger partial charge in [-0.05, 0) is 74.9 Å². The van der Waals surface area contributed by atoms with E-state index in [9.17, 15) is 18.0 Å². The second kappa shape index (κ2) is 12.2. The molecule has 0 N–H and O–H groups in total. The number of halogens is 4. The van der Waals surface area contributed by atoms with E-state index in [1.54, 1.807) is 62.4 Å². The highest BCUT2D eigenvalue weighted by Gasteiger charge is 2.33. The Kier molecular flexibility index (Phi) is 8.32. The molecule has 234 valence electrons. The summed E-state index contributed by atoms with van der Waals surface area (Å²) in [6, 6.07) is 17.1. The minimum atomic E-state index is -4.61. The van der Waals surface area contributed by atoms with Crippen LogP contribution in [0.1, 0.15) is 42.2 Å². The first-order valence-electron chi connectivity index (χ1n) is 14.5. The topological polar surface area (TPSA) is 74.4 Å². The number of ether oxygens (including phenoxy) is 2. The number of aromatic nitrogens is 4. The molecule has 0 bridgehead atoms. The van der Waals surface area contributed by atoms with Crippen molar-refractivity contribution in [3.8, 4) is 17.2 Å². The molecule has 3 aromatic carbocycles. The van der Waals surface area contributed by atoms with Crippen molar-refractivity contribution >= 4 is 22.5 Å². The molecular weight excluding hydrogens is 607 g/mol. The molecule has 8 nitrogen and oxygen atoms in total. The summed E-state index contributed by atoms with van der Waals surface area (Å²) in [4.78, 5) is 20.9. The highest BCUT2D eigenvalue weighted by molar-refractivity contribution is 6.30. The van der Waals surface area contributed by atoms with E-state index in [2.05, 4.69) is 4.90 Å². The van der Waals surface area contributed by atoms with E-state index in [1.807, 2.05) is 11.7 Å². The summed E-state index contributed by atoms with van der Waals surface area (Å²) < 4.78 is 56.6. The summed E-state index contributed by atoms with van der Waals surface area (Å²) in [6.45, 7) is 5.17. The van der Waals surface area contributed by atoms with Gasteiger partial charge in [0, 0.05) is 30.7 Å². The number of aryl methyl sites for hydroxylation is 1. The lowest BCUT2D eigenvalue weighted by molar-refractivity contribution is -0.137. The second-order valence-electron chi connectivity index (χ2n) is 11.2. The van der Waals surface area contributed by atoms with Crippen molar-refractivity contribution in [2.24, 2.45) is 7.05 Å². The summed E-state index contributed by atoms with van der Waals surface area (Å²) in [5.74, 6) is 1.16. The highest BCUT2D eigenvalue weighted by Crippen LogP contribution is 2.35. The maximum atomic E-state index is 14.0. The van der Waals surface area contributed by atoms with E-state index < -0.39 is 17.3 Å². The van der Waals surface area contributed by atoms with Gasteiger partial charge in [-0.2, -0.15) is 18.3 Å². The average molecular weight is 638 g/mol. The first-order valence-corrected chi connectivity index (χ1v) is 14.9. The molecule has 12 heteroatoms. The molecule has 0 saturated heterocycles. The van der Waals surface area contributed by atoms with Crippen LogP contribution in [0.4, 0.5) is 13.2 Å². The van der Waals surface area contributed by atoms with Crippen molar-refractivity contribution in [3.63, 3.8) is 0 Å². The van der Waals surface area contributed by atoms with Gasteiger partial charge in [0.25, 0.3) is 5.56 Å². The van der Waals surface area contributed by atoms with Crippen LogP contribution >= 0.6 is 11.6 Å². The number of benzene rings is 3. The van der Waals surface area contributed by atoms with Crippen molar-refractivity contribution in [2.45, 2.75) is 52.2 Å². The third kappa shape index (κ3) is 6.41. The minimum absolute atomic E-state index is 0.00311. The molecule has 0 radical (unpaired) electrons. The van der Waals surface area contributed by atoms with Gasteiger partial charge in [-0.15, -0.1) is 0 Å². The van der Waals surface area contributed by atoms with Crippen molar-refractivity contribution in [1.82, 2.24) is 24.2 Å². The number of rotatable bonds is 8. The Morgan fingerprint density at radius 3 is 2.53 bits per heavy atom. The fraction of sp³-hybridized carbons (Fsp3) is 0.303. The highest BCUT2D eigenvalue weighted by atomic mass is 35.5. The van der Waals surface area contributed by atoms with Crippen LogP contribution in [0.25, 0.3) is 16.6 Å². The lowest BCUT2D eigenvalue weighted by atomic mass is 10.0. The zero-order valence-electron chi connectivity index (χ0n) is 24.9. The molecule has 2 aromatic heterocycles. The molecule has 0 fully saturated rings. The molecule has 0 saturated carbocycles. The zero-order valence-corrected chi connectivity index (χ0v) is 25.7. The van der Waals surface area contributed by atoms with Crippen LogP contribution in [0.5, 0.6) is 11.5 Å². The molecule has 0 atom stereocenters. The molecule has 6 rings (SSSR count). The summed E-state index contributed by atoms with van der Waals surface area (Å²) in [6.07, 6.45) is -4.28. The van der Waals surface area contributed by atoms with Gasteiger partial charge in [-0.25, -0.2) is 4.98 Å². The lowest BCUT2D eigenvalue weighted by Crippen LogP contribution is -2.34. The Morgan fingerprint density at radius 1 is 1.04 bits per heavy atom. The molecular formula is C33H31ClF3N5O3. The van der Waals surface area contributed by atoms with Gasteiger partial charge in [0.1, 0.15) is 29.6 Å². The van der Waals surface area contributed by atoms with Crippen molar-refractivity contribution in [3.05, 3.63) is 110 Å². The van der Waals surface area contributed by atoms with Crippen LogP contribution in [0.15, 0.2) is 71.5 Å². The molecule has 3 heterocycles. The molecule has 45 heavy (non-hydrogen) atoms. The summed E-state index contributed by atoms with van der Waals surface area (Å²) in [7, 11) is 1.87. The predicted molar refractivity (Wildman–Crippen MR) is 165 cm³/mol. The first-order chi connectivity index (χ1) is 21.5. The quantitative estimate of drug-likeness (QED) is 0.188. The maximum Gasteiger partial charge on any atom is 0.416 e. The van der Waals surface area contributed by atoms with Gasteiger partial charge in [0.15, 0.2) is 0 Å². The normalized spacial score (nSPS) is 13.8. The largest absolute Gasteiger partial charge is 0.489 e. The van der Waals surface area contributed by atoms with E-state index in [-0.39, 0.29) is 24.1 Å². The smallest absolute Gasteiger partial charge is 0.416 e. The predicted octanol–water partition coefficient (Wildman–Crippen LogP) is 6.72. The first kappa shape index (κ1) is 30.7. The molecule has 0 aliphatic carbocycles. The number of nitrogens with zero attached hydrogens (tertiary/aromatic N) is 5. The number of para-hydroxylation sites is 1. The van der Waals surface area contributed by atoms with Crippen molar-refractivity contribution in [1.29, 1.82) is 0 Å². The van der Waals surface area contributed by atoms with Crippen molar-refractivity contribution in [2.75, 3.05) is 6.54 Å². The minimum Gasteiger partial charge on any atom is -0.489 e. The Balaban J connectivity index is 1.36. The monoisotopic (exact) mass is 637 g/mol. The van der Waals surface area contributed by atoms with Crippen LogP contribution < -0.4 is 15.0 Å². The summed E-state index contributed by atoms with van der Waals surface area (Å²) in [5, 5.41) is 5.63. The van der Waals surface area contributed by atoms with Crippen LogP contribution in [-0.2, 0) is 39.3 Å². The Labute approximate surface area is 262 Å². The molecule has 0 amide bonds.